The Kier molecular flexibility index (Phi) is 3.96. The van der Waals surface area contributed by atoms with Crippen molar-refractivity contribution in [1.29, 1.82) is 0 Å². The van der Waals surface area contributed by atoms with E-state index < -0.39 is 0 Å². The molecule has 0 heterocycles. The molecule has 0 amide bonds. The highest BCUT2D eigenvalue weighted by Crippen LogP contribution is 2.12. The fraction of sp³-hybridized carbons (Fsp3) is 0.700. The summed E-state index contributed by atoms with van der Waals surface area (Å²) in [7, 11) is 0. The molecule has 1 aliphatic rings. The van der Waals surface area contributed by atoms with E-state index in [2.05, 4.69) is 12.2 Å². The zero-order chi connectivity index (χ0) is 9.68. The van der Waals surface area contributed by atoms with Crippen LogP contribution in [0.2, 0.25) is 0 Å². The smallest absolute Gasteiger partial charge is 0.157 e. The number of ether oxygens (including phenoxy) is 1. The third kappa shape index (κ3) is 3.59. The minimum absolute atomic E-state index is 0.228. The van der Waals surface area contributed by atoms with E-state index in [0.29, 0.717) is 13.0 Å². The third-order valence-corrected chi connectivity index (χ3v) is 1.98. The van der Waals surface area contributed by atoms with Gasteiger partial charge in [0.25, 0.3) is 0 Å². The number of allylic oxidation sites excluding steroid dienone is 2. The summed E-state index contributed by atoms with van der Waals surface area (Å²) in [6.45, 7) is 5.47. The highest BCUT2D eigenvalue weighted by molar-refractivity contribution is 5.92. The van der Waals surface area contributed by atoms with Crippen LogP contribution in [-0.2, 0) is 9.53 Å². The number of carbonyl (C=O) groups is 1. The molecule has 1 atom stereocenters. The first kappa shape index (κ1) is 10.3. The molecule has 0 spiro atoms. The van der Waals surface area contributed by atoms with E-state index in [9.17, 15) is 4.79 Å². The Morgan fingerprint density at radius 1 is 1.62 bits per heavy atom. The van der Waals surface area contributed by atoms with Gasteiger partial charge in [-0.15, -0.1) is 0 Å². The van der Waals surface area contributed by atoms with Crippen LogP contribution in [0.1, 0.15) is 26.7 Å². The Morgan fingerprint density at radius 2 is 2.38 bits per heavy atom. The molecule has 0 fully saturated rings. The SMILES string of the molecule is CCOCC(C)NC1=CC(=O)CC1. The molecule has 0 aliphatic heterocycles. The first-order chi connectivity index (χ1) is 6.22. The predicted octanol–water partition coefficient (Wildman–Crippen LogP) is 1.25. The van der Waals surface area contributed by atoms with E-state index in [4.69, 9.17) is 4.74 Å². The fourth-order valence-corrected chi connectivity index (χ4v) is 1.36. The Bertz CT molecular complexity index is 211. The molecule has 0 radical (unpaired) electrons. The average Bonchev–Trinajstić information content (AvgIpc) is 2.48. The van der Waals surface area contributed by atoms with E-state index in [1.807, 2.05) is 6.92 Å². The van der Waals surface area contributed by atoms with Gasteiger partial charge in [0, 0.05) is 30.8 Å². The highest BCUT2D eigenvalue weighted by Gasteiger charge is 2.13. The predicted molar refractivity (Wildman–Crippen MR) is 51.4 cm³/mol. The van der Waals surface area contributed by atoms with Crippen LogP contribution in [0.25, 0.3) is 0 Å². The second-order valence-corrected chi connectivity index (χ2v) is 3.34. The van der Waals surface area contributed by atoms with Crippen molar-refractivity contribution in [3.63, 3.8) is 0 Å². The lowest BCUT2D eigenvalue weighted by molar-refractivity contribution is -0.114. The molecule has 1 N–H and O–H groups in total. The second kappa shape index (κ2) is 5.02. The number of hydrogen-bond acceptors (Lipinski definition) is 3. The van der Waals surface area contributed by atoms with Crippen molar-refractivity contribution in [2.24, 2.45) is 0 Å². The molecule has 13 heavy (non-hydrogen) atoms. The number of nitrogens with one attached hydrogen (secondary N) is 1. The lowest BCUT2D eigenvalue weighted by atomic mass is 10.3. The maximum absolute atomic E-state index is 10.9. The lowest BCUT2D eigenvalue weighted by Gasteiger charge is -2.15. The molecule has 0 aromatic heterocycles. The number of rotatable bonds is 5. The van der Waals surface area contributed by atoms with Gasteiger partial charge in [-0.3, -0.25) is 4.79 Å². The molecule has 1 rings (SSSR count). The standard InChI is InChI=1S/C10H17NO2/c1-3-13-7-8(2)11-9-4-5-10(12)6-9/h6,8,11H,3-5,7H2,1-2H3. The summed E-state index contributed by atoms with van der Waals surface area (Å²) in [6.07, 6.45) is 3.21. The molecular formula is C10H17NO2. The summed E-state index contributed by atoms with van der Waals surface area (Å²) < 4.78 is 5.26. The number of ketones is 1. The molecule has 1 aliphatic carbocycles. The molecule has 1 unspecified atom stereocenters. The molecule has 0 aromatic rings. The Morgan fingerprint density at radius 3 is 2.92 bits per heavy atom. The fourth-order valence-electron chi connectivity index (χ4n) is 1.36. The van der Waals surface area contributed by atoms with Gasteiger partial charge in [-0.2, -0.15) is 0 Å². The van der Waals surface area contributed by atoms with Crippen LogP contribution >= 0.6 is 0 Å². The Hall–Kier alpha value is -0.830. The van der Waals surface area contributed by atoms with Crippen molar-refractivity contribution >= 4 is 5.78 Å². The molecule has 0 saturated heterocycles. The lowest BCUT2D eigenvalue weighted by Crippen LogP contribution is -2.29. The molecule has 0 aromatic carbocycles. The minimum atomic E-state index is 0.228. The normalized spacial score (nSPS) is 18.6. The number of carbonyl (C=O) groups excluding carboxylic acids is 1. The maximum atomic E-state index is 10.9. The van der Waals surface area contributed by atoms with Crippen molar-refractivity contribution in [3.05, 3.63) is 11.8 Å². The molecule has 3 nitrogen and oxygen atoms in total. The zero-order valence-corrected chi connectivity index (χ0v) is 8.30. The van der Waals surface area contributed by atoms with Crippen molar-refractivity contribution < 1.29 is 9.53 Å². The van der Waals surface area contributed by atoms with Crippen LogP contribution in [-0.4, -0.2) is 25.0 Å². The van der Waals surface area contributed by atoms with Crippen LogP contribution < -0.4 is 5.32 Å². The Labute approximate surface area is 79.2 Å². The van der Waals surface area contributed by atoms with Crippen LogP contribution in [0.3, 0.4) is 0 Å². The van der Waals surface area contributed by atoms with Crippen LogP contribution in [0, 0.1) is 0 Å². The van der Waals surface area contributed by atoms with Crippen molar-refractivity contribution in [2.75, 3.05) is 13.2 Å². The van der Waals surface area contributed by atoms with Crippen LogP contribution in [0.4, 0.5) is 0 Å². The summed E-state index contributed by atoms with van der Waals surface area (Å²) in [5, 5.41) is 3.26. The van der Waals surface area contributed by atoms with Gasteiger partial charge in [0.15, 0.2) is 5.78 Å². The largest absolute Gasteiger partial charge is 0.383 e. The van der Waals surface area contributed by atoms with E-state index in [0.717, 1.165) is 18.7 Å². The van der Waals surface area contributed by atoms with Gasteiger partial charge in [0.2, 0.25) is 0 Å². The molecular weight excluding hydrogens is 166 g/mol. The first-order valence-corrected chi connectivity index (χ1v) is 4.80. The van der Waals surface area contributed by atoms with Gasteiger partial charge in [-0.1, -0.05) is 0 Å². The third-order valence-electron chi connectivity index (χ3n) is 1.98. The monoisotopic (exact) mass is 183 g/mol. The van der Waals surface area contributed by atoms with E-state index in [-0.39, 0.29) is 11.8 Å². The molecule has 74 valence electrons. The molecule has 3 heteroatoms. The topological polar surface area (TPSA) is 38.3 Å². The van der Waals surface area contributed by atoms with E-state index in [1.54, 1.807) is 6.08 Å². The molecule has 0 saturated carbocycles. The quantitative estimate of drug-likeness (QED) is 0.697. The minimum Gasteiger partial charge on any atom is -0.383 e. The summed E-state index contributed by atoms with van der Waals surface area (Å²) in [5.41, 5.74) is 1.05. The average molecular weight is 183 g/mol. The highest BCUT2D eigenvalue weighted by atomic mass is 16.5. The maximum Gasteiger partial charge on any atom is 0.157 e. The van der Waals surface area contributed by atoms with Crippen LogP contribution in [0.15, 0.2) is 11.8 Å². The van der Waals surface area contributed by atoms with Crippen molar-refractivity contribution in [1.82, 2.24) is 5.32 Å². The van der Waals surface area contributed by atoms with Gasteiger partial charge in [-0.25, -0.2) is 0 Å². The van der Waals surface area contributed by atoms with Crippen molar-refractivity contribution in [3.8, 4) is 0 Å². The van der Waals surface area contributed by atoms with E-state index >= 15 is 0 Å². The summed E-state index contributed by atoms with van der Waals surface area (Å²) >= 11 is 0. The summed E-state index contributed by atoms with van der Waals surface area (Å²) in [6, 6.07) is 0.289. The Balaban J connectivity index is 2.24. The van der Waals surface area contributed by atoms with Gasteiger partial charge >= 0.3 is 0 Å². The molecule has 0 bridgehead atoms. The second-order valence-electron chi connectivity index (χ2n) is 3.34. The van der Waals surface area contributed by atoms with Gasteiger partial charge in [0.1, 0.15) is 0 Å². The zero-order valence-electron chi connectivity index (χ0n) is 8.30. The summed E-state index contributed by atoms with van der Waals surface area (Å²) in [5.74, 6) is 0.228. The van der Waals surface area contributed by atoms with Crippen molar-refractivity contribution in [2.45, 2.75) is 32.7 Å². The van der Waals surface area contributed by atoms with Gasteiger partial charge in [0.05, 0.1) is 6.61 Å². The van der Waals surface area contributed by atoms with Gasteiger partial charge < -0.3 is 10.1 Å². The van der Waals surface area contributed by atoms with Gasteiger partial charge in [-0.05, 0) is 20.3 Å². The number of hydrogen-bond donors (Lipinski definition) is 1. The first-order valence-electron chi connectivity index (χ1n) is 4.80. The van der Waals surface area contributed by atoms with E-state index in [1.165, 1.54) is 0 Å². The van der Waals surface area contributed by atoms with Crippen LogP contribution in [0.5, 0.6) is 0 Å². The summed E-state index contributed by atoms with van der Waals surface area (Å²) in [4.78, 5) is 10.9.